The van der Waals surface area contributed by atoms with E-state index < -0.39 is 5.92 Å². The molecule has 0 saturated carbocycles. The highest BCUT2D eigenvalue weighted by Gasteiger charge is 2.37. The number of nitrogens with zero attached hydrogens (tertiary/aromatic N) is 2. The van der Waals surface area contributed by atoms with E-state index in [1.54, 1.807) is 9.80 Å². The van der Waals surface area contributed by atoms with Crippen LogP contribution in [0.25, 0.3) is 10.8 Å². The monoisotopic (exact) mass is 463 g/mol. The maximum atomic E-state index is 13.3. The summed E-state index contributed by atoms with van der Waals surface area (Å²) < 4.78 is 0. The van der Waals surface area contributed by atoms with Gasteiger partial charge in [0.15, 0.2) is 0 Å². The van der Waals surface area contributed by atoms with Gasteiger partial charge in [0, 0.05) is 43.9 Å². The van der Waals surface area contributed by atoms with Crippen molar-refractivity contribution in [2.45, 2.75) is 59.9 Å². The van der Waals surface area contributed by atoms with Crippen LogP contribution in [-0.2, 0) is 20.9 Å². The van der Waals surface area contributed by atoms with E-state index in [9.17, 15) is 14.4 Å². The van der Waals surface area contributed by atoms with E-state index in [0.717, 1.165) is 34.9 Å². The molecule has 0 radical (unpaired) electrons. The van der Waals surface area contributed by atoms with Crippen molar-refractivity contribution in [3.63, 3.8) is 0 Å². The minimum atomic E-state index is -0.525. The molecule has 3 rings (SSSR count). The first-order valence-electron chi connectivity index (χ1n) is 12.4. The molecular formula is C28H37N3O3. The molecule has 0 saturated heterocycles. The van der Waals surface area contributed by atoms with E-state index in [-0.39, 0.29) is 24.1 Å². The smallest absolute Gasteiger partial charge is 0.251 e. The fraction of sp³-hybridized carbons (Fsp3) is 0.464. The zero-order valence-corrected chi connectivity index (χ0v) is 20.9. The van der Waals surface area contributed by atoms with Crippen molar-refractivity contribution in [3.05, 3.63) is 59.3 Å². The standard InChI is InChI=1S/C28H37N3O3/c1-5-8-16-31-20(4)25(28(34)30(6-2)7-3)17-23(27(31)33)18-26(32)29-19-22-14-11-13-21-12-9-10-15-24(21)22/h9-15,23H,5-8,16-19H2,1-4H3,(H,29,32). The van der Waals surface area contributed by atoms with Crippen LogP contribution in [0.4, 0.5) is 0 Å². The fourth-order valence-electron chi connectivity index (χ4n) is 4.66. The highest BCUT2D eigenvalue weighted by Crippen LogP contribution is 2.31. The van der Waals surface area contributed by atoms with Crippen LogP contribution < -0.4 is 5.32 Å². The molecule has 1 unspecified atom stereocenters. The predicted molar refractivity (Wildman–Crippen MR) is 136 cm³/mol. The Labute approximate surface area is 203 Å². The molecule has 1 aliphatic heterocycles. The van der Waals surface area contributed by atoms with E-state index in [1.807, 2.05) is 51.1 Å². The third-order valence-electron chi connectivity index (χ3n) is 6.74. The lowest BCUT2D eigenvalue weighted by Crippen LogP contribution is -2.45. The normalized spacial score (nSPS) is 16.2. The molecule has 1 N–H and O–H groups in total. The van der Waals surface area contributed by atoms with Crippen LogP contribution in [0.2, 0.25) is 0 Å². The Kier molecular flexibility index (Phi) is 8.85. The number of carbonyl (C=O) groups is 3. The van der Waals surface area contributed by atoms with Gasteiger partial charge in [0.25, 0.3) is 5.91 Å². The Morgan fingerprint density at radius 1 is 1.06 bits per heavy atom. The lowest BCUT2D eigenvalue weighted by atomic mass is 9.88. The van der Waals surface area contributed by atoms with Crippen LogP contribution in [0.1, 0.15) is 58.9 Å². The molecule has 1 atom stereocenters. The molecule has 1 heterocycles. The molecule has 6 heteroatoms. The number of benzene rings is 2. The maximum absolute atomic E-state index is 13.3. The lowest BCUT2D eigenvalue weighted by molar-refractivity contribution is -0.138. The van der Waals surface area contributed by atoms with Gasteiger partial charge in [0.1, 0.15) is 0 Å². The number of nitrogens with one attached hydrogen (secondary N) is 1. The number of unbranched alkanes of at least 4 members (excludes halogenated alkanes) is 1. The van der Waals surface area contributed by atoms with Crippen LogP contribution in [-0.4, -0.2) is 47.2 Å². The Morgan fingerprint density at radius 2 is 1.76 bits per heavy atom. The van der Waals surface area contributed by atoms with Crippen molar-refractivity contribution < 1.29 is 14.4 Å². The summed E-state index contributed by atoms with van der Waals surface area (Å²) in [5.74, 6) is -0.779. The fourth-order valence-corrected chi connectivity index (χ4v) is 4.66. The molecule has 182 valence electrons. The van der Waals surface area contributed by atoms with E-state index in [0.29, 0.717) is 38.2 Å². The Hall–Kier alpha value is -3.15. The molecule has 34 heavy (non-hydrogen) atoms. The molecule has 3 amide bonds. The second-order valence-corrected chi connectivity index (χ2v) is 8.91. The zero-order chi connectivity index (χ0) is 24.7. The summed E-state index contributed by atoms with van der Waals surface area (Å²) in [6, 6.07) is 14.1. The van der Waals surface area contributed by atoms with Gasteiger partial charge in [-0.3, -0.25) is 14.4 Å². The average molecular weight is 464 g/mol. The quantitative estimate of drug-likeness (QED) is 0.558. The molecule has 0 aromatic heterocycles. The SMILES string of the molecule is CCCCN1C(=O)C(CC(=O)NCc2cccc3ccccc23)CC(C(=O)N(CC)CC)=C1C. The summed E-state index contributed by atoms with van der Waals surface area (Å²) in [5, 5.41) is 5.23. The molecule has 2 aromatic carbocycles. The van der Waals surface area contributed by atoms with Crippen LogP contribution >= 0.6 is 0 Å². The van der Waals surface area contributed by atoms with Gasteiger partial charge < -0.3 is 15.1 Å². The molecule has 2 aromatic rings. The van der Waals surface area contributed by atoms with Gasteiger partial charge >= 0.3 is 0 Å². The van der Waals surface area contributed by atoms with Gasteiger partial charge in [-0.15, -0.1) is 0 Å². The Balaban J connectivity index is 1.75. The first-order chi connectivity index (χ1) is 16.4. The summed E-state index contributed by atoms with van der Waals surface area (Å²) >= 11 is 0. The zero-order valence-electron chi connectivity index (χ0n) is 20.9. The predicted octanol–water partition coefficient (Wildman–Crippen LogP) is 4.64. The van der Waals surface area contributed by atoms with Crippen molar-refractivity contribution in [1.82, 2.24) is 15.1 Å². The highest BCUT2D eigenvalue weighted by atomic mass is 16.2. The first-order valence-corrected chi connectivity index (χ1v) is 12.4. The summed E-state index contributed by atoms with van der Waals surface area (Å²) in [4.78, 5) is 42.9. The molecule has 1 aliphatic rings. The van der Waals surface area contributed by atoms with Crippen LogP contribution in [0.15, 0.2) is 53.7 Å². The minimum absolute atomic E-state index is 0.0299. The van der Waals surface area contributed by atoms with Crippen LogP contribution in [0.3, 0.4) is 0 Å². The third-order valence-corrected chi connectivity index (χ3v) is 6.74. The lowest BCUT2D eigenvalue weighted by Gasteiger charge is -2.36. The van der Waals surface area contributed by atoms with Gasteiger partial charge in [-0.25, -0.2) is 0 Å². The summed E-state index contributed by atoms with van der Waals surface area (Å²) in [6.45, 7) is 10.1. The van der Waals surface area contributed by atoms with Crippen molar-refractivity contribution in [2.24, 2.45) is 5.92 Å². The summed E-state index contributed by atoms with van der Waals surface area (Å²) in [6.07, 6.45) is 2.20. The second kappa shape index (κ2) is 11.8. The molecule has 6 nitrogen and oxygen atoms in total. The first kappa shape index (κ1) is 25.5. The number of carbonyl (C=O) groups excluding carboxylic acids is 3. The third kappa shape index (κ3) is 5.66. The molecule has 0 fully saturated rings. The van der Waals surface area contributed by atoms with Gasteiger partial charge in [-0.2, -0.15) is 0 Å². The number of hydrogen-bond acceptors (Lipinski definition) is 3. The van der Waals surface area contributed by atoms with Crippen molar-refractivity contribution >= 4 is 28.5 Å². The van der Waals surface area contributed by atoms with Gasteiger partial charge in [0.05, 0.1) is 5.92 Å². The van der Waals surface area contributed by atoms with Crippen molar-refractivity contribution in [3.8, 4) is 0 Å². The summed E-state index contributed by atoms with van der Waals surface area (Å²) in [5.41, 5.74) is 2.44. The molecular weight excluding hydrogens is 426 g/mol. The number of hydrogen-bond donors (Lipinski definition) is 1. The van der Waals surface area contributed by atoms with E-state index in [1.165, 1.54) is 0 Å². The Morgan fingerprint density at radius 3 is 2.47 bits per heavy atom. The summed E-state index contributed by atoms with van der Waals surface area (Å²) in [7, 11) is 0. The molecule has 0 spiro atoms. The number of amides is 3. The van der Waals surface area contributed by atoms with E-state index in [4.69, 9.17) is 0 Å². The van der Waals surface area contributed by atoms with Gasteiger partial charge in [-0.05, 0) is 49.9 Å². The number of likely N-dealkylation sites (N-methyl/N-ethyl adjacent to an activating group) is 1. The van der Waals surface area contributed by atoms with Crippen LogP contribution in [0.5, 0.6) is 0 Å². The average Bonchev–Trinajstić information content (AvgIpc) is 2.85. The van der Waals surface area contributed by atoms with Crippen molar-refractivity contribution in [2.75, 3.05) is 19.6 Å². The Bertz CT molecular complexity index is 1070. The largest absolute Gasteiger partial charge is 0.352 e. The maximum Gasteiger partial charge on any atom is 0.251 e. The highest BCUT2D eigenvalue weighted by molar-refractivity contribution is 5.98. The van der Waals surface area contributed by atoms with Crippen LogP contribution in [0, 0.1) is 5.92 Å². The topological polar surface area (TPSA) is 69.7 Å². The van der Waals surface area contributed by atoms with E-state index >= 15 is 0 Å². The van der Waals surface area contributed by atoms with E-state index in [2.05, 4.69) is 24.4 Å². The second-order valence-electron chi connectivity index (χ2n) is 8.91. The van der Waals surface area contributed by atoms with Gasteiger partial charge in [0.2, 0.25) is 11.8 Å². The number of fused-ring (bicyclic) bond motifs is 1. The molecule has 0 bridgehead atoms. The number of rotatable bonds is 10. The minimum Gasteiger partial charge on any atom is -0.352 e. The van der Waals surface area contributed by atoms with Gasteiger partial charge in [-0.1, -0.05) is 55.8 Å². The number of allylic oxidation sites excluding steroid dienone is 1. The molecule has 0 aliphatic carbocycles. The van der Waals surface area contributed by atoms with Crippen molar-refractivity contribution in [1.29, 1.82) is 0 Å².